The highest BCUT2D eigenvalue weighted by atomic mass is 35.5. The minimum Gasteiger partial charge on any atom is -0.359 e. The molecule has 0 atom stereocenters. The summed E-state index contributed by atoms with van der Waals surface area (Å²) in [7, 11) is 1.78. The number of carbonyl (C=O) groups is 2. The van der Waals surface area contributed by atoms with Crippen molar-refractivity contribution in [2.45, 2.75) is 12.8 Å². The Kier molecular flexibility index (Phi) is 6.76. The van der Waals surface area contributed by atoms with Gasteiger partial charge in [-0.1, -0.05) is 41.9 Å². The Morgan fingerprint density at radius 3 is 2.75 bits per heavy atom. The minimum atomic E-state index is -0.172. The topological polar surface area (TPSA) is 64.7 Å². The zero-order valence-electron chi connectivity index (χ0n) is 16.0. The zero-order valence-corrected chi connectivity index (χ0v) is 16.7. The maximum atomic E-state index is 12.4. The van der Waals surface area contributed by atoms with E-state index in [4.69, 9.17) is 11.6 Å². The van der Waals surface area contributed by atoms with E-state index in [-0.39, 0.29) is 18.5 Å². The van der Waals surface area contributed by atoms with Gasteiger partial charge in [-0.05, 0) is 36.6 Å². The molecule has 1 aliphatic rings. The van der Waals surface area contributed by atoms with Crippen molar-refractivity contribution in [2.24, 2.45) is 0 Å². The van der Waals surface area contributed by atoms with Crippen LogP contribution < -0.4 is 15.5 Å². The third kappa shape index (κ3) is 5.39. The highest BCUT2D eigenvalue weighted by Crippen LogP contribution is 2.29. The molecule has 0 aromatic heterocycles. The second-order valence-corrected chi connectivity index (χ2v) is 7.29. The number of halogens is 1. The third-order valence-electron chi connectivity index (χ3n) is 4.73. The molecule has 0 bridgehead atoms. The van der Waals surface area contributed by atoms with Crippen LogP contribution in [0.2, 0.25) is 5.02 Å². The highest BCUT2D eigenvalue weighted by molar-refractivity contribution is 6.33. The first-order chi connectivity index (χ1) is 13.5. The van der Waals surface area contributed by atoms with Gasteiger partial charge in [0.25, 0.3) is 0 Å². The molecule has 1 heterocycles. The molecule has 28 heavy (non-hydrogen) atoms. The van der Waals surface area contributed by atoms with Gasteiger partial charge in [-0.15, -0.1) is 0 Å². The van der Waals surface area contributed by atoms with Crippen LogP contribution in [0.3, 0.4) is 0 Å². The normalized spacial score (nSPS) is 13.8. The SMILES string of the molecule is CN(CCCc1ccccc1)C(=O)Nc1ccc(N2CCNC(=O)C2)c(Cl)c1. The van der Waals surface area contributed by atoms with Crippen LogP contribution in [0.4, 0.5) is 16.2 Å². The van der Waals surface area contributed by atoms with E-state index in [0.29, 0.717) is 30.3 Å². The van der Waals surface area contributed by atoms with Crippen LogP contribution >= 0.6 is 11.6 Å². The summed E-state index contributed by atoms with van der Waals surface area (Å²) in [5, 5.41) is 6.18. The fourth-order valence-corrected chi connectivity index (χ4v) is 3.47. The van der Waals surface area contributed by atoms with Crippen molar-refractivity contribution < 1.29 is 9.59 Å². The fourth-order valence-electron chi connectivity index (χ4n) is 3.17. The summed E-state index contributed by atoms with van der Waals surface area (Å²) in [6.45, 7) is 2.26. The summed E-state index contributed by atoms with van der Waals surface area (Å²) in [6, 6.07) is 15.4. The van der Waals surface area contributed by atoms with Crippen molar-refractivity contribution in [3.05, 3.63) is 59.1 Å². The number of hydrogen-bond donors (Lipinski definition) is 2. The molecule has 3 rings (SSSR count). The van der Waals surface area contributed by atoms with Gasteiger partial charge in [-0.2, -0.15) is 0 Å². The molecule has 2 aromatic rings. The Bertz CT molecular complexity index is 828. The first-order valence-corrected chi connectivity index (χ1v) is 9.78. The standard InChI is InChI=1S/C21H25ClN4O2/c1-25(12-5-8-16-6-3-2-4-7-16)21(28)24-17-9-10-19(18(22)14-17)26-13-11-23-20(27)15-26/h2-4,6-7,9-10,14H,5,8,11-13,15H2,1H3,(H,23,27)(H,24,28). The van der Waals surface area contributed by atoms with E-state index in [1.54, 1.807) is 18.0 Å². The smallest absolute Gasteiger partial charge is 0.321 e. The van der Waals surface area contributed by atoms with E-state index < -0.39 is 0 Å². The van der Waals surface area contributed by atoms with Gasteiger partial charge < -0.3 is 20.4 Å². The molecule has 0 unspecified atom stereocenters. The monoisotopic (exact) mass is 400 g/mol. The summed E-state index contributed by atoms with van der Waals surface area (Å²) in [5.41, 5.74) is 2.70. The molecular formula is C21H25ClN4O2. The molecule has 6 nitrogen and oxygen atoms in total. The molecule has 2 aromatic carbocycles. The number of benzene rings is 2. The van der Waals surface area contributed by atoms with Crippen molar-refractivity contribution in [2.75, 3.05) is 43.4 Å². The molecule has 1 aliphatic heterocycles. The van der Waals surface area contributed by atoms with E-state index >= 15 is 0 Å². The van der Waals surface area contributed by atoms with Gasteiger partial charge in [0.2, 0.25) is 5.91 Å². The first kappa shape index (κ1) is 20.0. The Morgan fingerprint density at radius 2 is 2.04 bits per heavy atom. The predicted molar refractivity (Wildman–Crippen MR) is 113 cm³/mol. The zero-order chi connectivity index (χ0) is 19.9. The Balaban J connectivity index is 1.51. The summed E-state index contributed by atoms with van der Waals surface area (Å²) < 4.78 is 0. The van der Waals surface area contributed by atoms with Gasteiger partial charge >= 0.3 is 6.03 Å². The van der Waals surface area contributed by atoms with Crippen molar-refractivity contribution in [1.29, 1.82) is 0 Å². The lowest BCUT2D eigenvalue weighted by Gasteiger charge is -2.29. The molecule has 2 N–H and O–H groups in total. The molecule has 0 saturated carbocycles. The molecule has 148 valence electrons. The van der Waals surface area contributed by atoms with Crippen molar-refractivity contribution in [1.82, 2.24) is 10.2 Å². The van der Waals surface area contributed by atoms with Crippen molar-refractivity contribution in [3.63, 3.8) is 0 Å². The quantitative estimate of drug-likeness (QED) is 0.781. The summed E-state index contributed by atoms with van der Waals surface area (Å²) >= 11 is 6.39. The van der Waals surface area contributed by atoms with Gasteiger partial charge in [0, 0.05) is 32.4 Å². The van der Waals surface area contributed by atoms with E-state index in [0.717, 1.165) is 18.5 Å². The number of piperazine rings is 1. The number of nitrogens with one attached hydrogen (secondary N) is 2. The van der Waals surface area contributed by atoms with Crippen molar-refractivity contribution in [3.8, 4) is 0 Å². The predicted octanol–water partition coefficient (Wildman–Crippen LogP) is 3.37. The van der Waals surface area contributed by atoms with Gasteiger partial charge in [-0.25, -0.2) is 4.79 Å². The Labute approximate surface area is 170 Å². The Hall–Kier alpha value is -2.73. The molecule has 0 radical (unpaired) electrons. The van der Waals surface area contributed by atoms with Crippen LogP contribution in [-0.2, 0) is 11.2 Å². The maximum absolute atomic E-state index is 12.4. The summed E-state index contributed by atoms with van der Waals surface area (Å²) in [4.78, 5) is 27.6. The van der Waals surface area contributed by atoms with Crippen LogP contribution in [0.5, 0.6) is 0 Å². The van der Waals surface area contributed by atoms with Gasteiger partial charge in [0.15, 0.2) is 0 Å². The number of nitrogens with zero attached hydrogens (tertiary/aromatic N) is 2. The number of rotatable bonds is 6. The van der Waals surface area contributed by atoms with Gasteiger partial charge in [-0.3, -0.25) is 4.79 Å². The molecule has 7 heteroatoms. The number of carbonyl (C=O) groups excluding carboxylic acids is 2. The van der Waals surface area contributed by atoms with E-state index in [2.05, 4.69) is 22.8 Å². The number of hydrogen-bond acceptors (Lipinski definition) is 3. The third-order valence-corrected chi connectivity index (χ3v) is 5.03. The lowest BCUT2D eigenvalue weighted by molar-refractivity contribution is -0.120. The molecule has 1 fully saturated rings. The second kappa shape index (κ2) is 9.46. The average Bonchev–Trinajstić information content (AvgIpc) is 2.69. The largest absolute Gasteiger partial charge is 0.359 e. The molecule has 1 saturated heterocycles. The van der Waals surface area contributed by atoms with Gasteiger partial charge in [0.05, 0.1) is 17.3 Å². The van der Waals surface area contributed by atoms with E-state index in [1.165, 1.54) is 5.56 Å². The lowest BCUT2D eigenvalue weighted by atomic mass is 10.1. The summed E-state index contributed by atoms with van der Waals surface area (Å²) in [6.07, 6.45) is 1.83. The number of amides is 3. The van der Waals surface area contributed by atoms with Crippen LogP contribution in [0.15, 0.2) is 48.5 Å². The number of urea groups is 1. The highest BCUT2D eigenvalue weighted by Gasteiger charge is 2.19. The molecule has 0 spiro atoms. The van der Waals surface area contributed by atoms with Crippen LogP contribution in [0.1, 0.15) is 12.0 Å². The summed E-state index contributed by atoms with van der Waals surface area (Å²) in [5.74, 6) is -0.0168. The fraction of sp³-hybridized carbons (Fsp3) is 0.333. The molecule has 3 amide bonds. The van der Waals surface area contributed by atoms with Crippen molar-refractivity contribution >= 4 is 34.9 Å². The first-order valence-electron chi connectivity index (χ1n) is 9.40. The van der Waals surface area contributed by atoms with Crippen LogP contribution in [0, 0.1) is 0 Å². The Morgan fingerprint density at radius 1 is 1.25 bits per heavy atom. The lowest BCUT2D eigenvalue weighted by Crippen LogP contribution is -2.47. The maximum Gasteiger partial charge on any atom is 0.321 e. The van der Waals surface area contributed by atoms with E-state index in [1.807, 2.05) is 35.2 Å². The van der Waals surface area contributed by atoms with Crippen LogP contribution in [0.25, 0.3) is 0 Å². The number of anilines is 2. The van der Waals surface area contributed by atoms with E-state index in [9.17, 15) is 9.59 Å². The molecular weight excluding hydrogens is 376 g/mol. The average molecular weight is 401 g/mol. The van der Waals surface area contributed by atoms with Crippen LogP contribution in [-0.4, -0.2) is 50.1 Å². The molecule has 0 aliphatic carbocycles. The second-order valence-electron chi connectivity index (χ2n) is 6.88. The minimum absolute atomic E-state index is 0.0168. The number of aryl methyl sites for hydroxylation is 1. The van der Waals surface area contributed by atoms with Gasteiger partial charge in [0.1, 0.15) is 0 Å².